The largest absolute Gasteiger partial charge is 0.325 e. The summed E-state index contributed by atoms with van der Waals surface area (Å²) >= 11 is 0. The first-order valence-electron chi connectivity index (χ1n) is 10.0. The van der Waals surface area contributed by atoms with Crippen molar-refractivity contribution < 1.29 is 14.0 Å². The van der Waals surface area contributed by atoms with Gasteiger partial charge < -0.3 is 10.2 Å². The van der Waals surface area contributed by atoms with Crippen LogP contribution in [-0.4, -0.2) is 34.6 Å². The zero-order valence-corrected chi connectivity index (χ0v) is 16.5. The summed E-state index contributed by atoms with van der Waals surface area (Å²) in [6.45, 7) is 1.90. The molecule has 29 heavy (non-hydrogen) atoms. The number of halogens is 1. The van der Waals surface area contributed by atoms with Gasteiger partial charge in [-0.25, -0.2) is 4.39 Å². The van der Waals surface area contributed by atoms with Gasteiger partial charge in [-0.05, 0) is 74.6 Å². The van der Waals surface area contributed by atoms with Crippen LogP contribution < -0.4 is 5.32 Å². The maximum absolute atomic E-state index is 13.3. The van der Waals surface area contributed by atoms with Crippen LogP contribution in [0, 0.1) is 12.7 Å². The summed E-state index contributed by atoms with van der Waals surface area (Å²) in [5, 5.41) is 2.88. The molecule has 0 atom stereocenters. The first-order valence-corrected chi connectivity index (χ1v) is 10.0. The Morgan fingerprint density at radius 1 is 1.14 bits per heavy atom. The van der Waals surface area contributed by atoms with Crippen LogP contribution in [0.5, 0.6) is 0 Å². The van der Waals surface area contributed by atoms with Gasteiger partial charge in [0, 0.05) is 11.3 Å². The molecule has 150 valence electrons. The van der Waals surface area contributed by atoms with Crippen LogP contribution in [0.25, 0.3) is 0 Å². The van der Waals surface area contributed by atoms with E-state index < -0.39 is 5.66 Å². The SMILES string of the molecule is Cc1cccc(NC(=O)CN2C(=O)C(c3ccc(F)cc3)=NC23CCCCC3)c1. The van der Waals surface area contributed by atoms with Crippen LogP contribution >= 0.6 is 0 Å². The summed E-state index contributed by atoms with van der Waals surface area (Å²) in [5.41, 5.74) is 1.98. The number of carbonyl (C=O) groups is 2. The number of rotatable bonds is 4. The fraction of sp³-hybridized carbons (Fsp3) is 0.348. The fourth-order valence-electron chi connectivity index (χ4n) is 4.21. The molecule has 6 heteroatoms. The summed E-state index contributed by atoms with van der Waals surface area (Å²) in [7, 11) is 0. The van der Waals surface area contributed by atoms with Gasteiger partial charge in [-0.15, -0.1) is 0 Å². The summed E-state index contributed by atoms with van der Waals surface area (Å²) in [4.78, 5) is 32.4. The van der Waals surface area contributed by atoms with E-state index in [0.29, 0.717) is 17.0 Å². The lowest BCUT2D eigenvalue weighted by molar-refractivity contribution is -0.134. The van der Waals surface area contributed by atoms with E-state index in [1.807, 2.05) is 31.2 Å². The molecule has 5 nitrogen and oxygen atoms in total. The topological polar surface area (TPSA) is 61.8 Å². The van der Waals surface area contributed by atoms with Gasteiger partial charge in [0.2, 0.25) is 5.91 Å². The maximum atomic E-state index is 13.3. The molecule has 1 saturated carbocycles. The Labute approximate surface area is 169 Å². The van der Waals surface area contributed by atoms with Crippen molar-refractivity contribution in [1.82, 2.24) is 4.90 Å². The molecule has 0 aromatic heterocycles. The Hall–Kier alpha value is -3.02. The highest BCUT2D eigenvalue weighted by Crippen LogP contribution is 2.39. The lowest BCUT2D eigenvalue weighted by atomic mass is 9.88. The zero-order valence-electron chi connectivity index (χ0n) is 16.5. The van der Waals surface area contributed by atoms with Crippen LogP contribution in [0.4, 0.5) is 10.1 Å². The Balaban J connectivity index is 1.58. The molecule has 1 heterocycles. The highest BCUT2D eigenvalue weighted by Gasteiger charge is 2.48. The Morgan fingerprint density at radius 2 is 1.86 bits per heavy atom. The molecular weight excluding hydrogens is 369 g/mol. The molecule has 1 spiro atoms. The number of benzene rings is 2. The van der Waals surface area contributed by atoms with E-state index in [-0.39, 0.29) is 24.2 Å². The summed E-state index contributed by atoms with van der Waals surface area (Å²) in [6, 6.07) is 13.3. The van der Waals surface area contributed by atoms with Crippen molar-refractivity contribution in [2.45, 2.75) is 44.7 Å². The minimum Gasteiger partial charge on any atom is -0.325 e. The second-order valence-corrected chi connectivity index (χ2v) is 7.82. The number of nitrogens with zero attached hydrogens (tertiary/aromatic N) is 2. The number of aryl methyl sites for hydroxylation is 1. The maximum Gasteiger partial charge on any atom is 0.275 e. The highest BCUT2D eigenvalue weighted by molar-refractivity contribution is 6.47. The van der Waals surface area contributed by atoms with Gasteiger partial charge in [-0.3, -0.25) is 14.6 Å². The van der Waals surface area contributed by atoms with E-state index in [9.17, 15) is 14.0 Å². The van der Waals surface area contributed by atoms with E-state index in [1.54, 1.807) is 17.0 Å². The van der Waals surface area contributed by atoms with Gasteiger partial charge in [0.1, 0.15) is 23.7 Å². The molecule has 2 aromatic rings. The Bertz CT molecular complexity index is 962. The van der Waals surface area contributed by atoms with Gasteiger partial charge in [-0.2, -0.15) is 0 Å². The highest BCUT2D eigenvalue weighted by atomic mass is 19.1. The number of anilines is 1. The van der Waals surface area contributed by atoms with Crippen LogP contribution in [0.1, 0.15) is 43.2 Å². The Kier molecular flexibility index (Phi) is 5.18. The van der Waals surface area contributed by atoms with Crippen molar-refractivity contribution in [3.05, 3.63) is 65.5 Å². The zero-order chi connectivity index (χ0) is 20.4. The molecule has 0 unspecified atom stereocenters. The molecule has 2 amide bonds. The molecule has 1 fully saturated rings. The van der Waals surface area contributed by atoms with Crippen molar-refractivity contribution in [1.29, 1.82) is 0 Å². The van der Waals surface area contributed by atoms with Crippen LogP contribution in [-0.2, 0) is 9.59 Å². The van der Waals surface area contributed by atoms with Crippen molar-refractivity contribution in [2.24, 2.45) is 4.99 Å². The molecule has 1 aliphatic carbocycles. The molecule has 0 saturated heterocycles. The Morgan fingerprint density at radius 3 is 2.55 bits per heavy atom. The summed E-state index contributed by atoms with van der Waals surface area (Å²) < 4.78 is 13.3. The van der Waals surface area contributed by atoms with Crippen molar-refractivity contribution >= 4 is 23.2 Å². The van der Waals surface area contributed by atoms with Gasteiger partial charge in [-0.1, -0.05) is 18.6 Å². The third kappa shape index (κ3) is 3.92. The normalized spacial score (nSPS) is 18.1. The number of amides is 2. The quantitative estimate of drug-likeness (QED) is 0.851. The third-order valence-electron chi connectivity index (χ3n) is 5.65. The average molecular weight is 393 g/mol. The summed E-state index contributed by atoms with van der Waals surface area (Å²) in [6.07, 6.45) is 4.50. The van der Waals surface area contributed by atoms with E-state index in [1.165, 1.54) is 12.1 Å². The standard InChI is InChI=1S/C23H24FN3O2/c1-16-6-5-7-19(14-16)25-20(28)15-27-22(29)21(17-8-10-18(24)11-9-17)26-23(27)12-3-2-4-13-23/h5-11,14H,2-4,12-13,15H2,1H3,(H,25,28). The van der Waals surface area contributed by atoms with Gasteiger partial charge in [0.05, 0.1) is 0 Å². The molecule has 2 aromatic carbocycles. The minimum absolute atomic E-state index is 0.0546. The average Bonchev–Trinajstić information content (AvgIpc) is 2.95. The molecule has 2 aliphatic rings. The molecule has 1 aliphatic heterocycles. The van der Waals surface area contributed by atoms with Gasteiger partial charge in [0.25, 0.3) is 5.91 Å². The van der Waals surface area contributed by atoms with Gasteiger partial charge in [0.15, 0.2) is 0 Å². The van der Waals surface area contributed by atoms with Crippen LogP contribution in [0.15, 0.2) is 53.5 Å². The van der Waals surface area contributed by atoms with E-state index in [2.05, 4.69) is 5.32 Å². The van der Waals surface area contributed by atoms with Crippen LogP contribution in [0.2, 0.25) is 0 Å². The second-order valence-electron chi connectivity index (χ2n) is 7.82. The number of aliphatic imine (C=N–C) groups is 1. The molecule has 0 radical (unpaired) electrons. The van der Waals surface area contributed by atoms with E-state index >= 15 is 0 Å². The number of carbonyl (C=O) groups excluding carboxylic acids is 2. The second kappa shape index (κ2) is 7.78. The lowest BCUT2D eigenvalue weighted by Gasteiger charge is -2.38. The first kappa shape index (κ1) is 19.3. The molecular formula is C23H24FN3O2. The minimum atomic E-state index is -0.678. The predicted molar refractivity (Wildman–Crippen MR) is 110 cm³/mol. The predicted octanol–water partition coefficient (Wildman–Crippen LogP) is 4.06. The smallest absolute Gasteiger partial charge is 0.275 e. The molecule has 4 rings (SSSR count). The molecule has 0 bridgehead atoms. The van der Waals surface area contributed by atoms with Gasteiger partial charge >= 0.3 is 0 Å². The van der Waals surface area contributed by atoms with E-state index in [0.717, 1.165) is 37.7 Å². The fourth-order valence-corrected chi connectivity index (χ4v) is 4.21. The first-order chi connectivity index (χ1) is 14.0. The summed E-state index contributed by atoms with van der Waals surface area (Å²) in [5.74, 6) is -0.871. The van der Waals surface area contributed by atoms with Crippen molar-refractivity contribution in [3.63, 3.8) is 0 Å². The molecule has 1 N–H and O–H groups in total. The van der Waals surface area contributed by atoms with Crippen LogP contribution in [0.3, 0.4) is 0 Å². The van der Waals surface area contributed by atoms with Crippen molar-refractivity contribution in [3.8, 4) is 0 Å². The number of hydrogen-bond acceptors (Lipinski definition) is 3. The van der Waals surface area contributed by atoms with Crippen molar-refractivity contribution in [2.75, 3.05) is 11.9 Å². The van der Waals surface area contributed by atoms with E-state index in [4.69, 9.17) is 4.99 Å². The number of hydrogen-bond donors (Lipinski definition) is 1. The number of nitrogens with one attached hydrogen (secondary N) is 1. The third-order valence-corrected chi connectivity index (χ3v) is 5.65. The lowest BCUT2D eigenvalue weighted by Crippen LogP contribution is -2.51. The monoisotopic (exact) mass is 393 g/mol.